The Morgan fingerprint density at radius 1 is 1.22 bits per heavy atom. The summed E-state index contributed by atoms with van der Waals surface area (Å²) >= 11 is 1.73. The molecule has 0 aromatic heterocycles. The van der Waals surface area contributed by atoms with E-state index in [4.69, 9.17) is 0 Å². The second-order valence-electron chi connectivity index (χ2n) is 4.25. The summed E-state index contributed by atoms with van der Waals surface area (Å²) in [5.74, 6) is 0. The molecule has 3 nitrogen and oxygen atoms in total. The lowest BCUT2D eigenvalue weighted by molar-refractivity contribution is 0.128. The van der Waals surface area contributed by atoms with Gasteiger partial charge in [-0.15, -0.1) is 11.8 Å². The molecule has 1 unspecified atom stereocenters. The van der Waals surface area contributed by atoms with Crippen LogP contribution in [0.15, 0.2) is 29.2 Å². The molecular weight excluding hydrogens is 244 g/mol. The summed E-state index contributed by atoms with van der Waals surface area (Å²) in [6.45, 7) is 7.51. The number of hydrogen-bond acceptors (Lipinski definition) is 4. The van der Waals surface area contributed by atoms with E-state index in [2.05, 4.69) is 54.6 Å². The quantitative estimate of drug-likeness (QED) is 0.710. The average molecular weight is 268 g/mol. The van der Waals surface area contributed by atoms with Crippen molar-refractivity contribution in [2.24, 2.45) is 0 Å². The number of anilines is 1. The van der Waals surface area contributed by atoms with Gasteiger partial charge in [-0.05, 0) is 43.6 Å². The molecule has 102 valence electrons. The van der Waals surface area contributed by atoms with E-state index in [0.29, 0.717) is 6.54 Å². The third-order valence-electron chi connectivity index (χ3n) is 3.00. The lowest BCUT2D eigenvalue weighted by atomic mass is 10.2. The molecule has 0 spiro atoms. The number of nitrogens with one attached hydrogen (secondary N) is 1. The monoisotopic (exact) mass is 268 g/mol. The fourth-order valence-electron chi connectivity index (χ4n) is 1.79. The summed E-state index contributed by atoms with van der Waals surface area (Å²) in [7, 11) is 0. The first-order valence-corrected chi connectivity index (χ1v) is 7.70. The van der Waals surface area contributed by atoms with E-state index in [9.17, 15) is 5.11 Å². The maximum atomic E-state index is 9.94. The van der Waals surface area contributed by atoms with Gasteiger partial charge in [0.05, 0.1) is 6.10 Å². The van der Waals surface area contributed by atoms with Gasteiger partial charge in [-0.2, -0.15) is 0 Å². The molecule has 0 saturated carbocycles. The van der Waals surface area contributed by atoms with Gasteiger partial charge in [-0.1, -0.05) is 13.8 Å². The summed E-state index contributed by atoms with van der Waals surface area (Å²) < 4.78 is 0. The molecule has 0 amide bonds. The van der Waals surface area contributed by atoms with Crippen LogP contribution in [0.5, 0.6) is 0 Å². The smallest absolute Gasteiger partial charge is 0.0839 e. The van der Waals surface area contributed by atoms with Crippen LogP contribution < -0.4 is 5.32 Å². The van der Waals surface area contributed by atoms with Crippen LogP contribution in [0.3, 0.4) is 0 Å². The fourth-order valence-corrected chi connectivity index (χ4v) is 2.20. The van der Waals surface area contributed by atoms with Gasteiger partial charge >= 0.3 is 0 Å². The number of thioether (sulfide) groups is 1. The van der Waals surface area contributed by atoms with Crippen molar-refractivity contribution in [3.63, 3.8) is 0 Å². The summed E-state index contributed by atoms with van der Waals surface area (Å²) in [5, 5.41) is 13.2. The van der Waals surface area contributed by atoms with E-state index in [1.54, 1.807) is 11.8 Å². The lowest BCUT2D eigenvalue weighted by Gasteiger charge is -2.22. The predicted molar refractivity (Wildman–Crippen MR) is 80.5 cm³/mol. The molecule has 2 N–H and O–H groups in total. The average Bonchev–Trinajstić information content (AvgIpc) is 2.43. The zero-order valence-corrected chi connectivity index (χ0v) is 12.3. The zero-order valence-electron chi connectivity index (χ0n) is 11.5. The number of aliphatic hydroxyl groups is 1. The molecule has 0 fully saturated rings. The Balaban J connectivity index is 2.34. The van der Waals surface area contributed by atoms with E-state index >= 15 is 0 Å². The van der Waals surface area contributed by atoms with E-state index in [1.807, 2.05) is 0 Å². The van der Waals surface area contributed by atoms with Crippen LogP contribution in [-0.4, -0.2) is 48.5 Å². The highest BCUT2D eigenvalue weighted by atomic mass is 32.2. The second kappa shape index (κ2) is 8.40. The highest BCUT2D eigenvalue weighted by Gasteiger charge is 2.08. The molecule has 0 heterocycles. The molecule has 4 heteroatoms. The first-order valence-electron chi connectivity index (χ1n) is 6.47. The number of aliphatic hydroxyl groups excluding tert-OH is 1. The molecule has 1 rings (SSSR count). The van der Waals surface area contributed by atoms with Crippen LogP contribution in [0, 0.1) is 0 Å². The van der Waals surface area contributed by atoms with Crippen LogP contribution >= 0.6 is 11.8 Å². The molecule has 0 aliphatic heterocycles. The van der Waals surface area contributed by atoms with Crippen LogP contribution in [0.25, 0.3) is 0 Å². The Kier molecular flexibility index (Phi) is 7.16. The van der Waals surface area contributed by atoms with Gasteiger partial charge in [0.2, 0.25) is 0 Å². The Labute approximate surface area is 115 Å². The molecule has 0 radical (unpaired) electrons. The van der Waals surface area contributed by atoms with Crippen LogP contribution in [0.1, 0.15) is 13.8 Å². The zero-order chi connectivity index (χ0) is 13.4. The van der Waals surface area contributed by atoms with Gasteiger partial charge in [0.25, 0.3) is 0 Å². The van der Waals surface area contributed by atoms with E-state index in [0.717, 1.165) is 25.3 Å². The number of nitrogens with zero attached hydrogens (tertiary/aromatic N) is 1. The molecule has 1 aromatic carbocycles. The normalized spacial score (nSPS) is 12.7. The topological polar surface area (TPSA) is 35.5 Å². The van der Waals surface area contributed by atoms with Crippen molar-refractivity contribution < 1.29 is 5.11 Å². The van der Waals surface area contributed by atoms with Crippen molar-refractivity contribution in [3.05, 3.63) is 24.3 Å². The van der Waals surface area contributed by atoms with Gasteiger partial charge < -0.3 is 15.3 Å². The molecule has 18 heavy (non-hydrogen) atoms. The van der Waals surface area contributed by atoms with Gasteiger partial charge in [0.1, 0.15) is 0 Å². The van der Waals surface area contributed by atoms with Crippen LogP contribution in [0.2, 0.25) is 0 Å². The van der Waals surface area contributed by atoms with Gasteiger partial charge in [-0.3, -0.25) is 0 Å². The Hall–Kier alpha value is -0.710. The molecule has 1 atom stereocenters. The molecule has 0 aliphatic carbocycles. The Morgan fingerprint density at radius 2 is 1.83 bits per heavy atom. The highest BCUT2D eigenvalue weighted by Crippen LogP contribution is 2.17. The SMILES string of the molecule is CCN(CC)CC(O)CNc1ccc(SC)cc1. The predicted octanol–water partition coefficient (Wildman–Crippen LogP) is 2.52. The van der Waals surface area contributed by atoms with Gasteiger partial charge in [0.15, 0.2) is 0 Å². The van der Waals surface area contributed by atoms with Crippen LogP contribution in [-0.2, 0) is 0 Å². The maximum Gasteiger partial charge on any atom is 0.0839 e. The standard InChI is InChI=1S/C14H24N2OS/c1-4-16(5-2)11-13(17)10-15-12-6-8-14(18-3)9-7-12/h6-9,13,15,17H,4-5,10-11H2,1-3H3. The Bertz CT molecular complexity index is 325. The first kappa shape index (κ1) is 15.3. The number of rotatable bonds is 8. The van der Waals surface area contributed by atoms with Crippen molar-refractivity contribution in [2.45, 2.75) is 24.8 Å². The van der Waals surface area contributed by atoms with E-state index in [1.165, 1.54) is 4.90 Å². The third kappa shape index (κ3) is 5.29. The number of hydrogen-bond donors (Lipinski definition) is 2. The van der Waals surface area contributed by atoms with Gasteiger partial charge in [-0.25, -0.2) is 0 Å². The molecule has 0 aliphatic rings. The minimum atomic E-state index is -0.329. The number of benzene rings is 1. The van der Waals surface area contributed by atoms with E-state index < -0.39 is 0 Å². The van der Waals surface area contributed by atoms with Crippen molar-refractivity contribution in [1.29, 1.82) is 0 Å². The second-order valence-corrected chi connectivity index (χ2v) is 5.13. The van der Waals surface area contributed by atoms with Gasteiger partial charge in [0, 0.05) is 23.7 Å². The van der Waals surface area contributed by atoms with Crippen molar-refractivity contribution >= 4 is 17.4 Å². The molecular formula is C14H24N2OS. The summed E-state index contributed by atoms with van der Waals surface area (Å²) in [4.78, 5) is 3.48. The third-order valence-corrected chi connectivity index (χ3v) is 3.74. The molecule has 1 aromatic rings. The first-order chi connectivity index (χ1) is 8.69. The van der Waals surface area contributed by atoms with E-state index in [-0.39, 0.29) is 6.10 Å². The minimum Gasteiger partial charge on any atom is -0.390 e. The summed E-state index contributed by atoms with van der Waals surface area (Å²) in [5.41, 5.74) is 1.06. The minimum absolute atomic E-state index is 0.329. The van der Waals surface area contributed by atoms with Crippen molar-refractivity contribution in [2.75, 3.05) is 37.8 Å². The Morgan fingerprint density at radius 3 is 2.33 bits per heavy atom. The largest absolute Gasteiger partial charge is 0.390 e. The van der Waals surface area contributed by atoms with Crippen LogP contribution in [0.4, 0.5) is 5.69 Å². The van der Waals surface area contributed by atoms with Crippen molar-refractivity contribution in [3.8, 4) is 0 Å². The maximum absolute atomic E-state index is 9.94. The molecule has 0 saturated heterocycles. The van der Waals surface area contributed by atoms with Crippen molar-refractivity contribution in [1.82, 2.24) is 4.90 Å². The summed E-state index contributed by atoms with van der Waals surface area (Å²) in [6.07, 6.45) is 1.74. The fraction of sp³-hybridized carbons (Fsp3) is 0.571. The lowest BCUT2D eigenvalue weighted by Crippen LogP contribution is -2.35. The molecule has 0 bridgehead atoms. The highest BCUT2D eigenvalue weighted by molar-refractivity contribution is 7.98. The summed E-state index contributed by atoms with van der Waals surface area (Å²) in [6, 6.07) is 8.28. The number of likely N-dealkylation sites (N-methyl/N-ethyl adjacent to an activating group) is 1.